The number of nitriles is 1. The molecular weight excluding hydrogens is 398 g/mol. The van der Waals surface area contributed by atoms with Crippen LogP contribution in [0.1, 0.15) is 35.2 Å². The molecule has 8 heteroatoms. The molecule has 0 unspecified atom stereocenters. The van der Waals surface area contributed by atoms with Crippen LogP contribution in [0.2, 0.25) is 0 Å². The fourth-order valence-electron chi connectivity index (χ4n) is 3.18. The molecule has 0 aromatic heterocycles. The lowest BCUT2D eigenvalue weighted by molar-refractivity contribution is -0.122. The summed E-state index contributed by atoms with van der Waals surface area (Å²) in [7, 11) is 0. The van der Waals surface area contributed by atoms with E-state index >= 15 is 0 Å². The van der Waals surface area contributed by atoms with Crippen molar-refractivity contribution in [3.8, 4) is 6.07 Å². The molecule has 1 aliphatic rings. The summed E-state index contributed by atoms with van der Waals surface area (Å²) in [6, 6.07) is 15.1. The van der Waals surface area contributed by atoms with E-state index in [4.69, 9.17) is 10.00 Å². The molecule has 2 aromatic rings. The molecule has 3 amide bonds. The Kier molecular flexibility index (Phi) is 6.78. The van der Waals surface area contributed by atoms with Gasteiger partial charge in [-0.2, -0.15) is 5.26 Å². The van der Waals surface area contributed by atoms with E-state index in [2.05, 4.69) is 0 Å². The number of ether oxygens (including phenoxy) is 1. The molecule has 1 saturated heterocycles. The molecule has 158 valence electrons. The standard InChI is InChI=1S/C23H21N3O5/c1-16-3-7-18(8-4-16)25(14-2-13-24)22(29)15-31-23(30)17-5-9-19(10-6-17)26-20(27)11-12-21(26)28/h3-10H,2,11-12,14-15H2,1H3. The fourth-order valence-corrected chi connectivity index (χ4v) is 3.18. The number of aryl methyl sites for hydroxylation is 1. The molecular formula is C23H21N3O5. The number of hydrogen-bond acceptors (Lipinski definition) is 6. The number of carbonyl (C=O) groups is 4. The van der Waals surface area contributed by atoms with Crippen LogP contribution in [0.15, 0.2) is 48.5 Å². The number of amides is 3. The normalized spacial score (nSPS) is 13.1. The maximum absolute atomic E-state index is 12.6. The summed E-state index contributed by atoms with van der Waals surface area (Å²) >= 11 is 0. The second-order valence-corrected chi connectivity index (χ2v) is 7.03. The first-order valence-corrected chi connectivity index (χ1v) is 9.77. The van der Waals surface area contributed by atoms with Crippen LogP contribution < -0.4 is 9.80 Å². The molecule has 1 heterocycles. The first kappa shape index (κ1) is 21.7. The fraction of sp³-hybridized carbons (Fsp3) is 0.261. The van der Waals surface area contributed by atoms with Crippen LogP contribution >= 0.6 is 0 Å². The Hall–Kier alpha value is -3.99. The Bertz CT molecular complexity index is 1020. The Morgan fingerprint density at radius 2 is 1.65 bits per heavy atom. The van der Waals surface area contributed by atoms with Gasteiger partial charge in [0.15, 0.2) is 6.61 Å². The van der Waals surface area contributed by atoms with Crippen LogP contribution in [0, 0.1) is 18.3 Å². The van der Waals surface area contributed by atoms with Gasteiger partial charge in [0, 0.05) is 25.1 Å². The second-order valence-electron chi connectivity index (χ2n) is 7.03. The highest BCUT2D eigenvalue weighted by molar-refractivity contribution is 6.19. The Morgan fingerprint density at radius 3 is 2.23 bits per heavy atom. The van der Waals surface area contributed by atoms with Gasteiger partial charge >= 0.3 is 5.97 Å². The van der Waals surface area contributed by atoms with E-state index in [-0.39, 0.29) is 43.2 Å². The van der Waals surface area contributed by atoms with E-state index < -0.39 is 18.5 Å². The summed E-state index contributed by atoms with van der Waals surface area (Å²) in [6.07, 6.45) is 0.491. The number of esters is 1. The smallest absolute Gasteiger partial charge is 0.338 e. The van der Waals surface area contributed by atoms with Gasteiger partial charge in [-0.05, 0) is 43.3 Å². The lowest BCUT2D eigenvalue weighted by atomic mass is 10.2. The van der Waals surface area contributed by atoms with Gasteiger partial charge in [0.1, 0.15) is 0 Å². The molecule has 0 bridgehead atoms. The van der Waals surface area contributed by atoms with E-state index in [1.54, 1.807) is 12.1 Å². The minimum Gasteiger partial charge on any atom is -0.452 e. The van der Waals surface area contributed by atoms with Crippen molar-refractivity contribution in [1.82, 2.24) is 0 Å². The van der Waals surface area contributed by atoms with Crippen LogP contribution in [0.25, 0.3) is 0 Å². The van der Waals surface area contributed by atoms with Crippen molar-refractivity contribution in [2.45, 2.75) is 26.2 Å². The quantitative estimate of drug-likeness (QED) is 0.504. The van der Waals surface area contributed by atoms with Gasteiger partial charge in [-0.15, -0.1) is 0 Å². The van der Waals surface area contributed by atoms with Gasteiger partial charge in [0.2, 0.25) is 11.8 Å². The largest absolute Gasteiger partial charge is 0.452 e. The van der Waals surface area contributed by atoms with Crippen molar-refractivity contribution in [3.05, 3.63) is 59.7 Å². The second kappa shape index (κ2) is 9.67. The number of anilines is 2. The molecule has 0 saturated carbocycles. The zero-order chi connectivity index (χ0) is 22.4. The van der Waals surface area contributed by atoms with Crippen LogP contribution in [-0.4, -0.2) is 36.8 Å². The van der Waals surface area contributed by atoms with E-state index in [0.717, 1.165) is 10.5 Å². The van der Waals surface area contributed by atoms with Gasteiger partial charge in [-0.1, -0.05) is 17.7 Å². The van der Waals surface area contributed by atoms with Crippen LogP contribution in [0.3, 0.4) is 0 Å². The average molecular weight is 419 g/mol. The minimum atomic E-state index is -0.705. The summed E-state index contributed by atoms with van der Waals surface area (Å²) in [5, 5.41) is 8.87. The summed E-state index contributed by atoms with van der Waals surface area (Å²) in [6.45, 7) is 1.62. The summed E-state index contributed by atoms with van der Waals surface area (Å²) in [5.41, 5.74) is 2.23. The lowest BCUT2D eigenvalue weighted by Gasteiger charge is -2.22. The van der Waals surface area contributed by atoms with E-state index in [9.17, 15) is 19.2 Å². The molecule has 1 aliphatic heterocycles. The zero-order valence-electron chi connectivity index (χ0n) is 17.0. The predicted molar refractivity (Wildman–Crippen MR) is 112 cm³/mol. The predicted octanol–water partition coefficient (Wildman–Crippen LogP) is 2.75. The van der Waals surface area contributed by atoms with E-state index in [1.807, 2.05) is 25.1 Å². The number of carbonyl (C=O) groups excluding carboxylic acids is 4. The summed E-state index contributed by atoms with van der Waals surface area (Å²) in [5.74, 6) is -1.71. The number of rotatable bonds is 7. The third-order valence-electron chi connectivity index (χ3n) is 4.83. The molecule has 0 N–H and O–H groups in total. The van der Waals surface area contributed by atoms with Crippen molar-refractivity contribution in [1.29, 1.82) is 5.26 Å². The molecule has 2 aromatic carbocycles. The average Bonchev–Trinajstić information content (AvgIpc) is 3.11. The minimum absolute atomic E-state index is 0.142. The van der Waals surface area contributed by atoms with Gasteiger partial charge in [0.25, 0.3) is 5.91 Å². The lowest BCUT2D eigenvalue weighted by Crippen LogP contribution is -2.35. The van der Waals surface area contributed by atoms with Crippen LogP contribution in [0.4, 0.5) is 11.4 Å². The first-order valence-electron chi connectivity index (χ1n) is 9.77. The van der Waals surface area contributed by atoms with Crippen LogP contribution in [0.5, 0.6) is 0 Å². The molecule has 1 fully saturated rings. The Balaban J connectivity index is 1.63. The highest BCUT2D eigenvalue weighted by Gasteiger charge is 2.30. The van der Waals surface area contributed by atoms with Gasteiger partial charge in [-0.25, -0.2) is 4.79 Å². The van der Waals surface area contributed by atoms with E-state index in [0.29, 0.717) is 11.4 Å². The highest BCUT2D eigenvalue weighted by Crippen LogP contribution is 2.23. The highest BCUT2D eigenvalue weighted by atomic mass is 16.5. The molecule has 0 radical (unpaired) electrons. The summed E-state index contributed by atoms with van der Waals surface area (Å²) < 4.78 is 5.14. The van der Waals surface area contributed by atoms with Crippen molar-refractivity contribution in [2.24, 2.45) is 0 Å². The Morgan fingerprint density at radius 1 is 1.03 bits per heavy atom. The van der Waals surface area contributed by atoms with Crippen molar-refractivity contribution >= 4 is 35.1 Å². The van der Waals surface area contributed by atoms with Crippen molar-refractivity contribution in [3.63, 3.8) is 0 Å². The monoisotopic (exact) mass is 419 g/mol. The Labute approximate surface area is 179 Å². The van der Waals surface area contributed by atoms with Crippen LogP contribution in [-0.2, 0) is 19.1 Å². The molecule has 0 spiro atoms. The van der Waals surface area contributed by atoms with Crippen molar-refractivity contribution < 1.29 is 23.9 Å². The number of benzene rings is 2. The number of nitrogens with zero attached hydrogens (tertiary/aromatic N) is 3. The van der Waals surface area contributed by atoms with Crippen molar-refractivity contribution in [2.75, 3.05) is 23.0 Å². The number of imide groups is 1. The molecule has 0 atom stereocenters. The maximum Gasteiger partial charge on any atom is 0.338 e. The molecule has 31 heavy (non-hydrogen) atoms. The number of hydrogen-bond donors (Lipinski definition) is 0. The first-order chi connectivity index (χ1) is 14.9. The maximum atomic E-state index is 12.6. The third kappa shape index (κ3) is 5.14. The van der Waals surface area contributed by atoms with Gasteiger partial charge in [-0.3, -0.25) is 19.3 Å². The van der Waals surface area contributed by atoms with Gasteiger partial charge < -0.3 is 9.64 Å². The molecule has 3 rings (SSSR count). The molecule has 0 aliphatic carbocycles. The third-order valence-corrected chi connectivity index (χ3v) is 4.83. The summed E-state index contributed by atoms with van der Waals surface area (Å²) in [4.78, 5) is 51.1. The zero-order valence-corrected chi connectivity index (χ0v) is 17.0. The van der Waals surface area contributed by atoms with Gasteiger partial charge in [0.05, 0.1) is 23.7 Å². The van der Waals surface area contributed by atoms with E-state index in [1.165, 1.54) is 29.2 Å². The SMILES string of the molecule is Cc1ccc(N(CCC#N)C(=O)COC(=O)c2ccc(N3C(=O)CCC3=O)cc2)cc1. The molecule has 8 nitrogen and oxygen atoms in total. The topological polar surface area (TPSA) is 108 Å².